The SMILES string of the molecule is Cc1cc2c(cc1C1(C(C)N)COC1)OCO2. The van der Waals surface area contributed by atoms with Crippen LogP contribution in [-0.4, -0.2) is 26.0 Å². The van der Waals surface area contributed by atoms with E-state index >= 15 is 0 Å². The van der Waals surface area contributed by atoms with Gasteiger partial charge in [0.05, 0.1) is 18.6 Å². The Labute approximate surface area is 101 Å². The van der Waals surface area contributed by atoms with Crippen LogP contribution in [0.25, 0.3) is 0 Å². The lowest BCUT2D eigenvalue weighted by Crippen LogP contribution is -2.57. The molecule has 0 aliphatic carbocycles. The average molecular weight is 235 g/mol. The summed E-state index contributed by atoms with van der Waals surface area (Å²) in [4.78, 5) is 0. The minimum absolute atomic E-state index is 0.0644. The Balaban J connectivity index is 2.08. The molecule has 0 amide bonds. The second kappa shape index (κ2) is 3.62. The van der Waals surface area contributed by atoms with Crippen molar-refractivity contribution in [2.75, 3.05) is 20.0 Å². The van der Waals surface area contributed by atoms with E-state index in [9.17, 15) is 0 Å². The first-order chi connectivity index (χ1) is 8.13. The summed E-state index contributed by atoms with van der Waals surface area (Å²) in [7, 11) is 0. The lowest BCUT2D eigenvalue weighted by molar-refractivity contribution is -0.0705. The third-order valence-corrected chi connectivity index (χ3v) is 3.85. The van der Waals surface area contributed by atoms with E-state index in [2.05, 4.69) is 13.0 Å². The Morgan fingerprint density at radius 2 is 1.88 bits per heavy atom. The largest absolute Gasteiger partial charge is 0.454 e. The van der Waals surface area contributed by atoms with Crippen LogP contribution in [0.1, 0.15) is 18.1 Å². The van der Waals surface area contributed by atoms with Gasteiger partial charge in [-0.3, -0.25) is 0 Å². The van der Waals surface area contributed by atoms with Gasteiger partial charge in [-0.15, -0.1) is 0 Å². The molecule has 1 unspecified atom stereocenters. The lowest BCUT2D eigenvalue weighted by Gasteiger charge is -2.45. The van der Waals surface area contributed by atoms with Crippen LogP contribution in [-0.2, 0) is 10.2 Å². The zero-order valence-electron chi connectivity index (χ0n) is 10.2. The summed E-state index contributed by atoms with van der Waals surface area (Å²) < 4.78 is 16.2. The zero-order chi connectivity index (χ0) is 12.0. The van der Waals surface area contributed by atoms with Crippen molar-refractivity contribution >= 4 is 0 Å². The molecule has 1 aromatic carbocycles. The highest BCUT2D eigenvalue weighted by Gasteiger charge is 2.45. The summed E-state index contributed by atoms with van der Waals surface area (Å²) in [5.41, 5.74) is 8.48. The molecule has 92 valence electrons. The van der Waals surface area contributed by atoms with Crippen molar-refractivity contribution in [3.05, 3.63) is 23.3 Å². The lowest BCUT2D eigenvalue weighted by atomic mass is 9.71. The van der Waals surface area contributed by atoms with Gasteiger partial charge in [0.1, 0.15) is 0 Å². The van der Waals surface area contributed by atoms with Crippen molar-refractivity contribution in [3.8, 4) is 11.5 Å². The van der Waals surface area contributed by atoms with Gasteiger partial charge in [-0.1, -0.05) is 0 Å². The van der Waals surface area contributed by atoms with Gasteiger partial charge in [-0.05, 0) is 37.1 Å². The van der Waals surface area contributed by atoms with Crippen LogP contribution in [0.2, 0.25) is 0 Å². The standard InChI is InChI=1S/C13H17NO3/c1-8-3-11-12(17-7-16-11)4-10(8)13(9(2)14)5-15-6-13/h3-4,9H,5-7,14H2,1-2H3. The predicted molar refractivity (Wildman–Crippen MR) is 63.4 cm³/mol. The molecule has 2 aliphatic heterocycles. The quantitative estimate of drug-likeness (QED) is 0.840. The Hall–Kier alpha value is -1.26. The predicted octanol–water partition coefficient (Wildman–Crippen LogP) is 1.34. The van der Waals surface area contributed by atoms with E-state index < -0.39 is 0 Å². The van der Waals surface area contributed by atoms with E-state index in [4.69, 9.17) is 19.9 Å². The molecule has 4 nitrogen and oxygen atoms in total. The van der Waals surface area contributed by atoms with Crippen LogP contribution in [0, 0.1) is 6.92 Å². The van der Waals surface area contributed by atoms with Crippen LogP contribution in [0.4, 0.5) is 0 Å². The second-order valence-corrected chi connectivity index (χ2v) is 4.96. The first-order valence-corrected chi connectivity index (χ1v) is 5.87. The highest BCUT2D eigenvalue weighted by atomic mass is 16.7. The number of hydrogen-bond acceptors (Lipinski definition) is 4. The Kier molecular flexibility index (Phi) is 2.31. The number of aryl methyl sites for hydroxylation is 1. The smallest absolute Gasteiger partial charge is 0.231 e. The third kappa shape index (κ3) is 1.44. The number of ether oxygens (including phenoxy) is 3. The summed E-state index contributed by atoms with van der Waals surface area (Å²) in [5.74, 6) is 1.64. The van der Waals surface area contributed by atoms with Crippen molar-refractivity contribution in [3.63, 3.8) is 0 Å². The summed E-state index contributed by atoms with van der Waals surface area (Å²) in [6, 6.07) is 4.15. The van der Waals surface area contributed by atoms with E-state index in [1.54, 1.807) is 0 Å². The van der Waals surface area contributed by atoms with E-state index in [0.717, 1.165) is 11.5 Å². The van der Waals surface area contributed by atoms with E-state index in [0.29, 0.717) is 20.0 Å². The van der Waals surface area contributed by atoms with Crippen LogP contribution in [0.3, 0.4) is 0 Å². The molecular weight excluding hydrogens is 218 g/mol. The number of benzene rings is 1. The molecule has 0 radical (unpaired) electrons. The first kappa shape index (κ1) is 10.9. The van der Waals surface area contributed by atoms with Crippen molar-refractivity contribution in [2.24, 2.45) is 5.73 Å². The molecule has 17 heavy (non-hydrogen) atoms. The molecule has 1 fully saturated rings. The minimum atomic E-state index is -0.0644. The van der Waals surface area contributed by atoms with Crippen LogP contribution in [0.15, 0.2) is 12.1 Å². The van der Waals surface area contributed by atoms with Gasteiger partial charge < -0.3 is 19.9 Å². The Bertz CT molecular complexity index is 452. The summed E-state index contributed by atoms with van der Waals surface area (Å²) in [6.07, 6.45) is 0. The van der Waals surface area contributed by atoms with Gasteiger partial charge in [-0.25, -0.2) is 0 Å². The van der Waals surface area contributed by atoms with Crippen LogP contribution < -0.4 is 15.2 Å². The van der Waals surface area contributed by atoms with Gasteiger partial charge >= 0.3 is 0 Å². The highest BCUT2D eigenvalue weighted by molar-refractivity contribution is 5.51. The fourth-order valence-electron chi connectivity index (χ4n) is 2.57. The summed E-state index contributed by atoms with van der Waals surface area (Å²) >= 11 is 0. The molecule has 2 aliphatic rings. The molecular formula is C13H17NO3. The normalized spacial score (nSPS) is 22.1. The molecule has 1 aromatic rings. The molecule has 4 heteroatoms. The zero-order valence-corrected chi connectivity index (χ0v) is 10.2. The average Bonchev–Trinajstić information content (AvgIpc) is 2.62. The second-order valence-electron chi connectivity index (χ2n) is 4.96. The maximum absolute atomic E-state index is 6.13. The highest BCUT2D eigenvalue weighted by Crippen LogP contribution is 2.42. The van der Waals surface area contributed by atoms with E-state index in [-0.39, 0.29) is 11.5 Å². The molecule has 0 bridgehead atoms. The molecule has 3 rings (SSSR count). The van der Waals surface area contributed by atoms with Crippen molar-refractivity contribution in [1.82, 2.24) is 0 Å². The van der Waals surface area contributed by atoms with Crippen molar-refractivity contribution in [2.45, 2.75) is 25.3 Å². The van der Waals surface area contributed by atoms with E-state index in [1.165, 1.54) is 11.1 Å². The van der Waals surface area contributed by atoms with Crippen molar-refractivity contribution in [1.29, 1.82) is 0 Å². The van der Waals surface area contributed by atoms with E-state index in [1.807, 2.05) is 13.0 Å². The topological polar surface area (TPSA) is 53.7 Å². The maximum Gasteiger partial charge on any atom is 0.231 e. The Morgan fingerprint density at radius 1 is 1.24 bits per heavy atom. The number of fused-ring (bicyclic) bond motifs is 1. The van der Waals surface area contributed by atoms with Crippen LogP contribution >= 0.6 is 0 Å². The minimum Gasteiger partial charge on any atom is -0.454 e. The maximum atomic E-state index is 6.13. The number of rotatable bonds is 2. The van der Waals surface area contributed by atoms with Gasteiger partial charge in [0.25, 0.3) is 0 Å². The fraction of sp³-hybridized carbons (Fsp3) is 0.538. The van der Waals surface area contributed by atoms with Crippen molar-refractivity contribution < 1.29 is 14.2 Å². The molecule has 1 saturated heterocycles. The van der Waals surface area contributed by atoms with Gasteiger partial charge in [-0.2, -0.15) is 0 Å². The fourth-order valence-corrected chi connectivity index (χ4v) is 2.57. The molecule has 2 N–H and O–H groups in total. The van der Waals surface area contributed by atoms with Gasteiger partial charge in [0, 0.05) is 6.04 Å². The monoisotopic (exact) mass is 235 g/mol. The van der Waals surface area contributed by atoms with Gasteiger partial charge in [0.15, 0.2) is 11.5 Å². The summed E-state index contributed by atoms with van der Waals surface area (Å²) in [6.45, 7) is 5.79. The third-order valence-electron chi connectivity index (χ3n) is 3.85. The molecule has 0 spiro atoms. The molecule has 0 aromatic heterocycles. The Morgan fingerprint density at radius 3 is 2.41 bits per heavy atom. The first-order valence-electron chi connectivity index (χ1n) is 5.87. The molecule has 1 atom stereocenters. The summed E-state index contributed by atoms with van der Waals surface area (Å²) in [5, 5.41) is 0. The molecule has 0 saturated carbocycles. The van der Waals surface area contributed by atoms with Crippen LogP contribution in [0.5, 0.6) is 11.5 Å². The number of nitrogens with two attached hydrogens (primary N) is 1. The van der Waals surface area contributed by atoms with Gasteiger partial charge in [0.2, 0.25) is 6.79 Å². The number of hydrogen-bond donors (Lipinski definition) is 1. The molecule has 2 heterocycles.